The number of hydrogen-bond donors (Lipinski definition) is 2. The maximum absolute atomic E-state index is 11.0. The van der Waals surface area contributed by atoms with E-state index in [1.807, 2.05) is 12.1 Å². The highest BCUT2D eigenvalue weighted by molar-refractivity contribution is 5.87. The van der Waals surface area contributed by atoms with Crippen LogP contribution in [0.25, 0.3) is 0 Å². The SMILES string of the molecule is O=C(O)c1ccc(CNC2c3ccccc3CC23CCOCC3)cc1. The zero-order valence-corrected chi connectivity index (χ0v) is 14.2. The third kappa shape index (κ3) is 3.08. The van der Waals surface area contributed by atoms with Gasteiger partial charge < -0.3 is 15.2 Å². The molecule has 0 saturated carbocycles. The minimum Gasteiger partial charge on any atom is -0.478 e. The zero-order chi connectivity index (χ0) is 17.3. The number of hydrogen-bond acceptors (Lipinski definition) is 3. The Hall–Kier alpha value is -2.17. The molecular weight excluding hydrogens is 314 g/mol. The van der Waals surface area contributed by atoms with Crippen LogP contribution < -0.4 is 5.32 Å². The minimum absolute atomic E-state index is 0.239. The number of fused-ring (bicyclic) bond motifs is 1. The van der Waals surface area contributed by atoms with Gasteiger partial charge in [0.25, 0.3) is 0 Å². The molecule has 25 heavy (non-hydrogen) atoms. The summed E-state index contributed by atoms with van der Waals surface area (Å²) in [5.41, 5.74) is 4.53. The second-order valence-corrected chi connectivity index (χ2v) is 7.17. The van der Waals surface area contributed by atoms with Gasteiger partial charge in [0.15, 0.2) is 0 Å². The van der Waals surface area contributed by atoms with E-state index in [1.165, 1.54) is 11.1 Å². The molecule has 1 fully saturated rings. The smallest absolute Gasteiger partial charge is 0.335 e. The van der Waals surface area contributed by atoms with E-state index < -0.39 is 5.97 Å². The number of carboxylic acid groups (broad SMARTS) is 1. The van der Waals surface area contributed by atoms with Crippen LogP contribution in [-0.4, -0.2) is 24.3 Å². The average Bonchev–Trinajstić information content (AvgIpc) is 2.93. The van der Waals surface area contributed by atoms with Crippen molar-refractivity contribution >= 4 is 5.97 Å². The summed E-state index contributed by atoms with van der Waals surface area (Å²) in [5.74, 6) is -0.884. The van der Waals surface area contributed by atoms with Crippen LogP contribution in [0.4, 0.5) is 0 Å². The van der Waals surface area contributed by atoms with Crippen molar-refractivity contribution in [1.82, 2.24) is 5.32 Å². The largest absolute Gasteiger partial charge is 0.478 e. The number of nitrogens with one attached hydrogen (secondary N) is 1. The molecule has 4 rings (SSSR count). The molecule has 2 aliphatic rings. The molecule has 1 spiro atoms. The van der Waals surface area contributed by atoms with E-state index in [0.717, 1.165) is 44.6 Å². The summed E-state index contributed by atoms with van der Waals surface area (Å²) in [7, 11) is 0. The van der Waals surface area contributed by atoms with Crippen LogP contribution in [0.5, 0.6) is 0 Å². The Kier molecular flexibility index (Phi) is 4.32. The van der Waals surface area contributed by atoms with E-state index in [-0.39, 0.29) is 5.41 Å². The summed E-state index contributed by atoms with van der Waals surface area (Å²) in [5, 5.41) is 12.8. The van der Waals surface area contributed by atoms with Crippen molar-refractivity contribution in [2.24, 2.45) is 5.41 Å². The van der Waals surface area contributed by atoms with Gasteiger partial charge in [0.1, 0.15) is 0 Å². The van der Waals surface area contributed by atoms with Crippen LogP contribution in [-0.2, 0) is 17.7 Å². The van der Waals surface area contributed by atoms with E-state index in [9.17, 15) is 4.79 Å². The molecule has 2 aromatic carbocycles. The van der Waals surface area contributed by atoms with Crippen LogP contribution in [0.15, 0.2) is 48.5 Å². The summed E-state index contributed by atoms with van der Waals surface area (Å²) in [6.07, 6.45) is 3.27. The summed E-state index contributed by atoms with van der Waals surface area (Å²) in [4.78, 5) is 11.0. The lowest BCUT2D eigenvalue weighted by Crippen LogP contribution is -2.39. The Morgan fingerprint density at radius 1 is 1.12 bits per heavy atom. The van der Waals surface area contributed by atoms with Crippen molar-refractivity contribution in [1.29, 1.82) is 0 Å². The van der Waals surface area contributed by atoms with Gasteiger partial charge >= 0.3 is 5.97 Å². The van der Waals surface area contributed by atoms with E-state index in [0.29, 0.717) is 11.6 Å². The van der Waals surface area contributed by atoms with E-state index in [2.05, 4.69) is 29.6 Å². The molecule has 0 aromatic heterocycles. The van der Waals surface area contributed by atoms with Gasteiger partial charge in [-0.15, -0.1) is 0 Å². The highest BCUT2D eigenvalue weighted by atomic mass is 16.5. The molecule has 2 aromatic rings. The first-order valence-electron chi connectivity index (χ1n) is 8.89. The second-order valence-electron chi connectivity index (χ2n) is 7.17. The summed E-state index contributed by atoms with van der Waals surface area (Å²) in [6, 6.07) is 16.2. The number of benzene rings is 2. The molecule has 1 atom stereocenters. The number of ether oxygens (including phenoxy) is 1. The quantitative estimate of drug-likeness (QED) is 0.895. The molecule has 1 aliphatic heterocycles. The van der Waals surface area contributed by atoms with Gasteiger partial charge in [-0.2, -0.15) is 0 Å². The van der Waals surface area contributed by atoms with Gasteiger partial charge in [0.2, 0.25) is 0 Å². The highest BCUT2D eigenvalue weighted by Gasteiger charge is 2.46. The van der Waals surface area contributed by atoms with Crippen molar-refractivity contribution in [3.63, 3.8) is 0 Å². The van der Waals surface area contributed by atoms with Crippen molar-refractivity contribution in [3.8, 4) is 0 Å². The molecule has 4 nitrogen and oxygen atoms in total. The van der Waals surface area contributed by atoms with Crippen LogP contribution in [0.1, 0.15) is 45.9 Å². The lowest BCUT2D eigenvalue weighted by molar-refractivity contribution is -0.000226. The number of rotatable bonds is 4. The van der Waals surface area contributed by atoms with Crippen molar-refractivity contribution < 1.29 is 14.6 Å². The fraction of sp³-hybridized carbons (Fsp3) is 0.381. The van der Waals surface area contributed by atoms with Crippen LogP contribution in [0, 0.1) is 5.41 Å². The molecule has 0 radical (unpaired) electrons. The predicted octanol–water partition coefficient (Wildman–Crippen LogP) is 3.57. The molecule has 0 amide bonds. The maximum atomic E-state index is 11.0. The normalized spacial score (nSPS) is 21.2. The first-order valence-corrected chi connectivity index (χ1v) is 8.89. The Morgan fingerprint density at radius 2 is 1.84 bits per heavy atom. The zero-order valence-electron chi connectivity index (χ0n) is 14.2. The van der Waals surface area contributed by atoms with Crippen LogP contribution in [0.3, 0.4) is 0 Å². The monoisotopic (exact) mass is 337 g/mol. The van der Waals surface area contributed by atoms with Gasteiger partial charge in [0, 0.05) is 25.8 Å². The number of carbonyl (C=O) groups is 1. The summed E-state index contributed by atoms with van der Waals surface area (Å²) >= 11 is 0. The lowest BCUT2D eigenvalue weighted by Gasteiger charge is -2.39. The lowest BCUT2D eigenvalue weighted by atomic mass is 9.74. The Bertz CT molecular complexity index is 763. The van der Waals surface area contributed by atoms with E-state index >= 15 is 0 Å². The van der Waals surface area contributed by atoms with Crippen molar-refractivity contribution in [2.75, 3.05) is 13.2 Å². The fourth-order valence-electron chi connectivity index (χ4n) is 4.34. The molecule has 0 bridgehead atoms. The van der Waals surface area contributed by atoms with Crippen LogP contribution >= 0.6 is 0 Å². The first-order chi connectivity index (χ1) is 12.2. The molecule has 2 N–H and O–H groups in total. The minimum atomic E-state index is -0.884. The molecule has 1 saturated heterocycles. The topological polar surface area (TPSA) is 58.6 Å². The Morgan fingerprint density at radius 3 is 2.56 bits per heavy atom. The van der Waals surface area contributed by atoms with Crippen molar-refractivity contribution in [3.05, 3.63) is 70.8 Å². The second kappa shape index (κ2) is 6.62. The summed E-state index contributed by atoms with van der Waals surface area (Å²) < 4.78 is 5.62. The molecule has 1 heterocycles. The van der Waals surface area contributed by atoms with Gasteiger partial charge in [0.05, 0.1) is 5.56 Å². The molecule has 1 aliphatic carbocycles. The van der Waals surface area contributed by atoms with E-state index in [1.54, 1.807) is 12.1 Å². The Labute approximate surface area is 147 Å². The first kappa shape index (κ1) is 16.3. The molecule has 1 unspecified atom stereocenters. The predicted molar refractivity (Wildman–Crippen MR) is 95.6 cm³/mol. The van der Waals surface area contributed by atoms with Gasteiger partial charge in [-0.1, -0.05) is 36.4 Å². The van der Waals surface area contributed by atoms with Gasteiger partial charge in [-0.05, 0) is 53.5 Å². The van der Waals surface area contributed by atoms with Gasteiger partial charge in [-0.3, -0.25) is 0 Å². The third-order valence-electron chi connectivity index (χ3n) is 5.72. The highest BCUT2D eigenvalue weighted by Crippen LogP contribution is 2.51. The van der Waals surface area contributed by atoms with Crippen LogP contribution in [0.2, 0.25) is 0 Å². The van der Waals surface area contributed by atoms with Crippen molar-refractivity contribution in [2.45, 2.75) is 31.8 Å². The summed E-state index contributed by atoms with van der Waals surface area (Å²) in [6.45, 7) is 2.40. The molecular formula is C21H23NO3. The number of carboxylic acids is 1. The molecule has 4 heteroatoms. The van der Waals surface area contributed by atoms with E-state index in [4.69, 9.17) is 9.84 Å². The number of aromatic carboxylic acids is 1. The third-order valence-corrected chi connectivity index (χ3v) is 5.72. The molecule has 130 valence electrons. The Balaban J connectivity index is 1.55. The average molecular weight is 337 g/mol. The fourth-order valence-corrected chi connectivity index (χ4v) is 4.34. The standard InChI is InChI=1S/C21H23NO3/c23-20(24)16-7-5-15(6-8-16)14-22-19-18-4-2-1-3-17(18)13-21(19)9-11-25-12-10-21/h1-8,19,22H,9-14H2,(H,23,24). The maximum Gasteiger partial charge on any atom is 0.335 e. The van der Waals surface area contributed by atoms with Gasteiger partial charge in [-0.25, -0.2) is 4.79 Å².